The molecule has 16 heavy (non-hydrogen) atoms. The lowest BCUT2D eigenvalue weighted by Crippen LogP contribution is -2.23. The maximum Gasteiger partial charge on any atom is 0.120 e. The van der Waals surface area contributed by atoms with Crippen molar-refractivity contribution in [3.8, 4) is 5.75 Å². The van der Waals surface area contributed by atoms with Crippen LogP contribution in [0, 0.1) is 0 Å². The van der Waals surface area contributed by atoms with E-state index in [4.69, 9.17) is 16.3 Å². The number of phenolic OH excluding ortho intramolecular Hbond substituents is 1. The van der Waals surface area contributed by atoms with Gasteiger partial charge >= 0.3 is 0 Å². The molecule has 90 valence electrons. The molecule has 0 aliphatic heterocycles. The lowest BCUT2D eigenvalue weighted by molar-refractivity contribution is 0.147. The van der Waals surface area contributed by atoms with Crippen LogP contribution in [0.5, 0.6) is 5.75 Å². The van der Waals surface area contributed by atoms with E-state index in [1.807, 2.05) is 13.8 Å². The normalized spacial score (nSPS) is 12.7. The van der Waals surface area contributed by atoms with Gasteiger partial charge in [-0.05, 0) is 32.0 Å². The average Bonchev–Trinajstić information content (AvgIpc) is 2.27. The first-order valence-corrected chi connectivity index (χ1v) is 5.82. The molecule has 0 saturated heterocycles. The molecule has 0 aliphatic rings. The molecule has 0 fully saturated rings. The zero-order valence-electron chi connectivity index (χ0n) is 9.66. The standard InChI is InChI=1S/C12H18ClNO2/c1-3-16-7-6-14-9(2)11-8-10(13)4-5-12(11)15/h4-5,8-9,14-15H,3,6-7H2,1-2H3. The first kappa shape index (κ1) is 13.3. The van der Waals surface area contributed by atoms with Gasteiger partial charge in [0.15, 0.2) is 0 Å². The maximum atomic E-state index is 9.68. The number of nitrogens with one attached hydrogen (secondary N) is 1. The molecule has 4 heteroatoms. The summed E-state index contributed by atoms with van der Waals surface area (Å²) in [6, 6.07) is 5.11. The van der Waals surface area contributed by atoms with E-state index in [9.17, 15) is 5.11 Å². The summed E-state index contributed by atoms with van der Waals surface area (Å²) in [6.07, 6.45) is 0. The van der Waals surface area contributed by atoms with Crippen LogP contribution in [0.2, 0.25) is 5.02 Å². The van der Waals surface area contributed by atoms with Gasteiger partial charge in [0.25, 0.3) is 0 Å². The van der Waals surface area contributed by atoms with Crippen molar-refractivity contribution in [2.24, 2.45) is 0 Å². The Morgan fingerprint density at radius 1 is 1.50 bits per heavy atom. The highest BCUT2D eigenvalue weighted by Crippen LogP contribution is 2.26. The number of hydrogen-bond acceptors (Lipinski definition) is 3. The van der Waals surface area contributed by atoms with E-state index in [1.54, 1.807) is 18.2 Å². The van der Waals surface area contributed by atoms with Crippen LogP contribution in [0.25, 0.3) is 0 Å². The number of ether oxygens (including phenoxy) is 1. The fourth-order valence-electron chi connectivity index (χ4n) is 1.47. The number of halogens is 1. The Labute approximate surface area is 101 Å². The SMILES string of the molecule is CCOCCNC(C)c1cc(Cl)ccc1O. The second-order valence-corrected chi connectivity index (χ2v) is 4.01. The van der Waals surface area contributed by atoms with E-state index >= 15 is 0 Å². The summed E-state index contributed by atoms with van der Waals surface area (Å²) in [5.41, 5.74) is 0.809. The molecule has 0 aliphatic carbocycles. The lowest BCUT2D eigenvalue weighted by Gasteiger charge is -2.15. The molecule has 1 aromatic rings. The Kier molecular flexibility index (Phi) is 5.60. The first-order valence-electron chi connectivity index (χ1n) is 5.44. The molecular formula is C12H18ClNO2. The summed E-state index contributed by atoms with van der Waals surface area (Å²) in [5.74, 6) is 0.265. The number of rotatable bonds is 6. The molecule has 2 N–H and O–H groups in total. The highest BCUT2D eigenvalue weighted by atomic mass is 35.5. The van der Waals surface area contributed by atoms with Gasteiger partial charge in [-0.15, -0.1) is 0 Å². The minimum atomic E-state index is 0.0548. The molecule has 0 heterocycles. The fourth-order valence-corrected chi connectivity index (χ4v) is 1.65. The van der Waals surface area contributed by atoms with Crippen LogP contribution in [-0.2, 0) is 4.74 Å². The summed E-state index contributed by atoms with van der Waals surface area (Å²) >= 11 is 5.88. The zero-order valence-corrected chi connectivity index (χ0v) is 10.4. The van der Waals surface area contributed by atoms with E-state index in [1.165, 1.54) is 0 Å². The maximum absolute atomic E-state index is 9.68. The van der Waals surface area contributed by atoms with Gasteiger partial charge < -0.3 is 15.2 Å². The minimum absolute atomic E-state index is 0.0548. The van der Waals surface area contributed by atoms with Crippen molar-refractivity contribution in [2.45, 2.75) is 19.9 Å². The topological polar surface area (TPSA) is 41.5 Å². The highest BCUT2D eigenvalue weighted by Gasteiger charge is 2.09. The molecule has 1 rings (SSSR count). The van der Waals surface area contributed by atoms with E-state index in [0.717, 1.165) is 18.7 Å². The molecule has 0 spiro atoms. The van der Waals surface area contributed by atoms with Crippen molar-refractivity contribution in [2.75, 3.05) is 19.8 Å². The predicted octanol–water partition coefficient (Wildman–Crippen LogP) is 2.73. The number of aromatic hydroxyl groups is 1. The van der Waals surface area contributed by atoms with Crippen molar-refractivity contribution >= 4 is 11.6 Å². The van der Waals surface area contributed by atoms with E-state index in [-0.39, 0.29) is 11.8 Å². The molecular weight excluding hydrogens is 226 g/mol. The Balaban J connectivity index is 2.51. The summed E-state index contributed by atoms with van der Waals surface area (Å²) in [5, 5.41) is 13.6. The van der Waals surface area contributed by atoms with Crippen LogP contribution < -0.4 is 5.32 Å². The van der Waals surface area contributed by atoms with Gasteiger partial charge in [-0.25, -0.2) is 0 Å². The van der Waals surface area contributed by atoms with Crippen molar-refractivity contribution in [3.05, 3.63) is 28.8 Å². The van der Waals surface area contributed by atoms with Gasteiger partial charge in [0.1, 0.15) is 5.75 Å². The third-order valence-electron chi connectivity index (χ3n) is 2.36. The Bertz CT molecular complexity index is 331. The molecule has 0 amide bonds. The van der Waals surface area contributed by atoms with Crippen LogP contribution in [0.15, 0.2) is 18.2 Å². The van der Waals surface area contributed by atoms with E-state index < -0.39 is 0 Å². The Hall–Kier alpha value is -0.770. The van der Waals surface area contributed by atoms with Crippen LogP contribution >= 0.6 is 11.6 Å². The predicted molar refractivity (Wildman–Crippen MR) is 66.0 cm³/mol. The average molecular weight is 244 g/mol. The van der Waals surface area contributed by atoms with Crippen LogP contribution in [0.4, 0.5) is 0 Å². The van der Waals surface area contributed by atoms with Gasteiger partial charge in [-0.2, -0.15) is 0 Å². The Morgan fingerprint density at radius 2 is 2.25 bits per heavy atom. The molecule has 1 aromatic carbocycles. The van der Waals surface area contributed by atoms with E-state index in [0.29, 0.717) is 11.6 Å². The van der Waals surface area contributed by atoms with Crippen molar-refractivity contribution in [3.63, 3.8) is 0 Å². The van der Waals surface area contributed by atoms with E-state index in [2.05, 4.69) is 5.32 Å². The van der Waals surface area contributed by atoms with Crippen LogP contribution in [-0.4, -0.2) is 24.9 Å². The fraction of sp³-hybridized carbons (Fsp3) is 0.500. The van der Waals surface area contributed by atoms with Crippen LogP contribution in [0.1, 0.15) is 25.5 Å². The first-order chi connectivity index (χ1) is 7.65. The molecule has 1 unspecified atom stereocenters. The van der Waals surface area contributed by atoms with Gasteiger partial charge in [0.05, 0.1) is 6.61 Å². The summed E-state index contributed by atoms with van der Waals surface area (Å²) in [4.78, 5) is 0. The smallest absolute Gasteiger partial charge is 0.120 e. The van der Waals surface area contributed by atoms with Crippen LogP contribution in [0.3, 0.4) is 0 Å². The van der Waals surface area contributed by atoms with Gasteiger partial charge in [0.2, 0.25) is 0 Å². The zero-order chi connectivity index (χ0) is 12.0. The molecule has 0 bridgehead atoms. The molecule has 0 saturated carbocycles. The van der Waals surface area contributed by atoms with Crippen molar-refractivity contribution < 1.29 is 9.84 Å². The van der Waals surface area contributed by atoms with Gasteiger partial charge in [0, 0.05) is 29.8 Å². The van der Waals surface area contributed by atoms with Gasteiger partial charge in [-0.1, -0.05) is 11.6 Å². The van der Waals surface area contributed by atoms with Crippen molar-refractivity contribution in [1.82, 2.24) is 5.32 Å². The molecule has 1 atom stereocenters. The lowest BCUT2D eigenvalue weighted by atomic mass is 10.1. The second-order valence-electron chi connectivity index (χ2n) is 3.58. The van der Waals surface area contributed by atoms with Crippen molar-refractivity contribution in [1.29, 1.82) is 0 Å². The summed E-state index contributed by atoms with van der Waals surface area (Å²) in [7, 11) is 0. The minimum Gasteiger partial charge on any atom is -0.508 e. The largest absolute Gasteiger partial charge is 0.508 e. The van der Waals surface area contributed by atoms with Gasteiger partial charge in [-0.3, -0.25) is 0 Å². The molecule has 0 radical (unpaired) electrons. The number of hydrogen-bond donors (Lipinski definition) is 2. The third-order valence-corrected chi connectivity index (χ3v) is 2.59. The number of benzene rings is 1. The summed E-state index contributed by atoms with van der Waals surface area (Å²) in [6.45, 7) is 6.09. The summed E-state index contributed by atoms with van der Waals surface area (Å²) < 4.78 is 5.22. The quantitative estimate of drug-likeness (QED) is 0.755. The molecule has 0 aromatic heterocycles. The highest BCUT2D eigenvalue weighted by molar-refractivity contribution is 6.30. The second kappa shape index (κ2) is 6.74. The molecule has 3 nitrogen and oxygen atoms in total. The third kappa shape index (κ3) is 4.00. The Morgan fingerprint density at radius 3 is 2.94 bits per heavy atom. The monoisotopic (exact) mass is 243 g/mol. The number of phenols is 1.